The summed E-state index contributed by atoms with van der Waals surface area (Å²) in [6.45, 7) is 8.54. The van der Waals surface area contributed by atoms with Gasteiger partial charge in [-0.2, -0.15) is 0 Å². The second kappa shape index (κ2) is 7.35. The highest BCUT2D eigenvalue weighted by Crippen LogP contribution is 2.18. The van der Waals surface area contributed by atoms with Gasteiger partial charge in [-0.1, -0.05) is 43.8 Å². The Bertz CT molecular complexity index is 347. The van der Waals surface area contributed by atoms with Crippen LogP contribution in [-0.4, -0.2) is 28.5 Å². The standard InChI is InChI=1S/C13H21N3S/c1-4-16(5-2)11(3)17-13(14)15-12-9-7-6-8-10-12/h6-11H,4-5H2,1-3H3,(H2,14,15). The molecule has 1 rings (SSSR count). The van der Waals surface area contributed by atoms with Crippen molar-refractivity contribution in [3.05, 3.63) is 30.3 Å². The normalized spacial score (nSPS) is 14.0. The first-order valence-electron chi connectivity index (χ1n) is 5.97. The van der Waals surface area contributed by atoms with Gasteiger partial charge in [0.1, 0.15) is 0 Å². The van der Waals surface area contributed by atoms with Crippen LogP contribution in [0.25, 0.3) is 0 Å². The zero-order valence-corrected chi connectivity index (χ0v) is 11.6. The predicted molar refractivity (Wildman–Crippen MR) is 77.7 cm³/mol. The van der Waals surface area contributed by atoms with Crippen molar-refractivity contribution in [2.24, 2.45) is 10.7 Å². The first-order chi connectivity index (χ1) is 8.17. The average molecular weight is 251 g/mol. The van der Waals surface area contributed by atoms with E-state index in [0.29, 0.717) is 10.5 Å². The molecule has 3 nitrogen and oxygen atoms in total. The van der Waals surface area contributed by atoms with Crippen molar-refractivity contribution in [3.63, 3.8) is 0 Å². The van der Waals surface area contributed by atoms with Crippen LogP contribution in [0.5, 0.6) is 0 Å². The van der Waals surface area contributed by atoms with Gasteiger partial charge in [0.2, 0.25) is 0 Å². The molecule has 0 bridgehead atoms. The fourth-order valence-corrected chi connectivity index (χ4v) is 2.60. The highest BCUT2D eigenvalue weighted by Gasteiger charge is 2.11. The van der Waals surface area contributed by atoms with E-state index in [1.807, 2.05) is 30.3 Å². The molecule has 1 aromatic rings. The molecule has 0 fully saturated rings. The number of hydrogen-bond acceptors (Lipinski definition) is 3. The van der Waals surface area contributed by atoms with Gasteiger partial charge in [-0.15, -0.1) is 0 Å². The Labute approximate surface area is 108 Å². The van der Waals surface area contributed by atoms with Gasteiger partial charge >= 0.3 is 0 Å². The summed E-state index contributed by atoms with van der Waals surface area (Å²) in [5, 5.41) is 0.980. The van der Waals surface area contributed by atoms with Crippen LogP contribution >= 0.6 is 11.8 Å². The maximum Gasteiger partial charge on any atom is 0.160 e. The molecule has 0 radical (unpaired) electrons. The molecule has 4 heteroatoms. The Morgan fingerprint density at radius 2 is 1.88 bits per heavy atom. The lowest BCUT2D eigenvalue weighted by molar-refractivity contribution is 0.298. The summed E-state index contributed by atoms with van der Waals surface area (Å²) in [7, 11) is 0. The molecule has 0 aliphatic rings. The van der Waals surface area contributed by atoms with Crippen molar-refractivity contribution in [1.82, 2.24) is 4.90 Å². The number of benzene rings is 1. The van der Waals surface area contributed by atoms with E-state index in [-0.39, 0.29) is 0 Å². The monoisotopic (exact) mass is 251 g/mol. The van der Waals surface area contributed by atoms with Gasteiger partial charge in [0.15, 0.2) is 5.17 Å². The molecule has 0 spiro atoms. The maximum atomic E-state index is 5.94. The molecule has 94 valence electrons. The van der Waals surface area contributed by atoms with Crippen molar-refractivity contribution in [1.29, 1.82) is 0 Å². The summed E-state index contributed by atoms with van der Waals surface area (Å²) in [6.07, 6.45) is 0. The highest BCUT2D eigenvalue weighted by atomic mass is 32.2. The number of para-hydroxylation sites is 1. The number of amidine groups is 1. The second-order valence-electron chi connectivity index (χ2n) is 3.72. The van der Waals surface area contributed by atoms with E-state index < -0.39 is 0 Å². The van der Waals surface area contributed by atoms with Gasteiger partial charge in [-0.3, -0.25) is 4.90 Å². The topological polar surface area (TPSA) is 41.6 Å². The van der Waals surface area contributed by atoms with Crippen LogP contribution < -0.4 is 5.73 Å². The summed E-state index contributed by atoms with van der Waals surface area (Å²) < 4.78 is 0. The molecule has 1 atom stereocenters. The molecule has 1 aromatic carbocycles. The van der Waals surface area contributed by atoms with Gasteiger partial charge in [0, 0.05) is 0 Å². The molecular formula is C13H21N3S. The summed E-state index contributed by atoms with van der Waals surface area (Å²) in [5.74, 6) is 0. The average Bonchev–Trinajstić information content (AvgIpc) is 2.31. The Balaban J connectivity index is 2.59. The molecule has 0 aliphatic heterocycles. The zero-order chi connectivity index (χ0) is 12.7. The Hall–Kier alpha value is -1.00. The number of aliphatic imine (C=N–C) groups is 1. The van der Waals surface area contributed by atoms with Gasteiger partial charge in [0.25, 0.3) is 0 Å². The van der Waals surface area contributed by atoms with Gasteiger partial charge < -0.3 is 5.73 Å². The van der Waals surface area contributed by atoms with Crippen molar-refractivity contribution >= 4 is 22.6 Å². The highest BCUT2D eigenvalue weighted by molar-refractivity contribution is 8.14. The summed E-state index contributed by atoms with van der Waals surface area (Å²) in [5.41, 5.74) is 6.85. The van der Waals surface area contributed by atoms with Gasteiger partial charge in [-0.05, 0) is 32.1 Å². The van der Waals surface area contributed by atoms with E-state index in [4.69, 9.17) is 5.73 Å². The fraction of sp³-hybridized carbons (Fsp3) is 0.462. The van der Waals surface area contributed by atoms with E-state index in [2.05, 4.69) is 30.7 Å². The predicted octanol–water partition coefficient (Wildman–Crippen LogP) is 3.05. The molecule has 2 N–H and O–H groups in total. The lowest BCUT2D eigenvalue weighted by Gasteiger charge is -2.25. The summed E-state index contributed by atoms with van der Waals surface area (Å²) >= 11 is 1.61. The molecule has 1 unspecified atom stereocenters. The van der Waals surface area contributed by atoms with Crippen LogP contribution in [0, 0.1) is 0 Å². The first-order valence-corrected chi connectivity index (χ1v) is 6.85. The minimum atomic E-state index is 0.359. The fourth-order valence-electron chi connectivity index (χ4n) is 1.64. The second-order valence-corrected chi connectivity index (χ2v) is 5.06. The van der Waals surface area contributed by atoms with Gasteiger partial charge in [-0.25, -0.2) is 4.99 Å². The lowest BCUT2D eigenvalue weighted by atomic mass is 10.3. The quantitative estimate of drug-likeness (QED) is 0.497. The van der Waals surface area contributed by atoms with Crippen LogP contribution in [0.4, 0.5) is 5.69 Å². The van der Waals surface area contributed by atoms with Crippen molar-refractivity contribution in [2.75, 3.05) is 13.1 Å². The van der Waals surface area contributed by atoms with E-state index in [0.717, 1.165) is 18.8 Å². The van der Waals surface area contributed by atoms with Crippen LogP contribution in [0.1, 0.15) is 20.8 Å². The number of hydrogen-bond donors (Lipinski definition) is 1. The molecule has 0 saturated carbocycles. The first kappa shape index (κ1) is 14.1. The smallest absolute Gasteiger partial charge is 0.160 e. The van der Waals surface area contributed by atoms with Crippen molar-refractivity contribution in [2.45, 2.75) is 26.1 Å². The minimum Gasteiger partial charge on any atom is -0.378 e. The number of rotatable bonds is 5. The molecule has 0 aliphatic carbocycles. The molecule has 0 amide bonds. The Morgan fingerprint density at radius 1 is 1.29 bits per heavy atom. The van der Waals surface area contributed by atoms with E-state index in [9.17, 15) is 0 Å². The number of thioether (sulfide) groups is 1. The summed E-state index contributed by atoms with van der Waals surface area (Å²) in [4.78, 5) is 6.73. The third-order valence-electron chi connectivity index (χ3n) is 2.61. The number of nitrogens with zero attached hydrogens (tertiary/aromatic N) is 2. The van der Waals surface area contributed by atoms with Crippen LogP contribution in [0.15, 0.2) is 35.3 Å². The van der Waals surface area contributed by atoms with Crippen LogP contribution in [0.3, 0.4) is 0 Å². The Kier molecular flexibility index (Phi) is 6.08. The molecule has 17 heavy (non-hydrogen) atoms. The number of nitrogens with two attached hydrogens (primary N) is 1. The van der Waals surface area contributed by atoms with E-state index in [1.165, 1.54) is 0 Å². The van der Waals surface area contributed by atoms with E-state index in [1.54, 1.807) is 11.8 Å². The minimum absolute atomic E-state index is 0.359. The van der Waals surface area contributed by atoms with Crippen molar-refractivity contribution < 1.29 is 0 Å². The third kappa shape index (κ3) is 4.79. The van der Waals surface area contributed by atoms with Crippen molar-refractivity contribution in [3.8, 4) is 0 Å². The SMILES string of the molecule is CCN(CC)C(C)SC(N)=Nc1ccccc1. The molecule has 0 aromatic heterocycles. The largest absolute Gasteiger partial charge is 0.378 e. The van der Waals surface area contributed by atoms with Gasteiger partial charge in [0.05, 0.1) is 11.1 Å². The third-order valence-corrected chi connectivity index (χ3v) is 3.59. The van der Waals surface area contributed by atoms with E-state index >= 15 is 0 Å². The zero-order valence-electron chi connectivity index (χ0n) is 10.8. The Morgan fingerprint density at radius 3 is 2.41 bits per heavy atom. The maximum absolute atomic E-state index is 5.94. The molecular weight excluding hydrogens is 230 g/mol. The molecule has 0 saturated heterocycles. The van der Waals surface area contributed by atoms with Crippen LogP contribution in [0.2, 0.25) is 0 Å². The lowest BCUT2D eigenvalue weighted by Crippen LogP contribution is -2.32. The van der Waals surface area contributed by atoms with Crippen LogP contribution in [-0.2, 0) is 0 Å². The summed E-state index contributed by atoms with van der Waals surface area (Å²) in [6, 6.07) is 9.81. The molecule has 0 heterocycles.